The molecule has 1 aliphatic heterocycles. The van der Waals surface area contributed by atoms with Gasteiger partial charge in [0.1, 0.15) is 11.9 Å². The van der Waals surface area contributed by atoms with Crippen LogP contribution < -0.4 is 10.1 Å². The highest BCUT2D eigenvalue weighted by Crippen LogP contribution is 2.37. The summed E-state index contributed by atoms with van der Waals surface area (Å²) in [4.78, 5) is 12.2. The Balaban J connectivity index is 1.62. The Hall–Kier alpha value is -2.33. The zero-order valence-corrected chi connectivity index (χ0v) is 12.5. The summed E-state index contributed by atoms with van der Waals surface area (Å²) in [6, 6.07) is 15.0. The number of hydrogen-bond donors (Lipinski definition) is 2. The van der Waals surface area contributed by atoms with Gasteiger partial charge < -0.3 is 15.2 Å². The first kappa shape index (κ1) is 14.6. The zero-order chi connectivity index (χ0) is 15.5. The number of nitrogens with one attached hydrogen (secondary N) is 1. The van der Waals surface area contributed by atoms with Gasteiger partial charge >= 0.3 is 0 Å². The first-order valence-electron chi connectivity index (χ1n) is 7.42. The quantitative estimate of drug-likeness (QED) is 0.911. The third-order valence-electron chi connectivity index (χ3n) is 4.08. The number of carbonyl (C=O) groups is 1. The van der Waals surface area contributed by atoms with Gasteiger partial charge in [0.25, 0.3) is 5.91 Å². The second kappa shape index (κ2) is 6.20. The normalized spacial score (nSPS) is 19.4. The van der Waals surface area contributed by atoms with Crippen LogP contribution in [-0.2, 0) is 6.61 Å². The van der Waals surface area contributed by atoms with E-state index >= 15 is 0 Å². The number of aliphatic hydroxyl groups is 1. The minimum atomic E-state index is -0.151. The molecule has 0 aliphatic carbocycles. The summed E-state index contributed by atoms with van der Waals surface area (Å²) >= 11 is 0. The highest BCUT2D eigenvalue weighted by Gasteiger charge is 2.30. The molecule has 0 saturated heterocycles. The van der Waals surface area contributed by atoms with E-state index in [0.29, 0.717) is 12.1 Å². The molecule has 2 N–H and O–H groups in total. The van der Waals surface area contributed by atoms with Crippen molar-refractivity contribution in [2.24, 2.45) is 0 Å². The van der Waals surface area contributed by atoms with Crippen molar-refractivity contribution in [3.63, 3.8) is 0 Å². The van der Waals surface area contributed by atoms with Crippen molar-refractivity contribution in [1.82, 2.24) is 5.32 Å². The molecule has 0 bridgehead atoms. The van der Waals surface area contributed by atoms with Crippen molar-refractivity contribution >= 4 is 5.91 Å². The van der Waals surface area contributed by atoms with Crippen LogP contribution in [0.5, 0.6) is 5.75 Å². The summed E-state index contributed by atoms with van der Waals surface area (Å²) in [5, 5.41) is 12.0. The summed E-state index contributed by atoms with van der Waals surface area (Å²) in [7, 11) is 0. The van der Waals surface area contributed by atoms with Gasteiger partial charge in [0, 0.05) is 17.0 Å². The molecule has 1 heterocycles. The lowest BCUT2D eigenvalue weighted by molar-refractivity contribution is 0.0929. The van der Waals surface area contributed by atoms with Crippen molar-refractivity contribution in [2.45, 2.75) is 25.6 Å². The molecule has 1 aliphatic rings. The standard InChI is InChI=1S/C18H19NO3/c1-12-15-7-2-3-8-16(15)22-17(12)10-19-18(21)14-6-4-5-13(9-14)11-20/h2-9,12,17,20H,10-11H2,1H3,(H,19,21)/t12-,17-/m1/s1. The van der Waals surface area contributed by atoms with Crippen LogP contribution in [-0.4, -0.2) is 23.7 Å². The summed E-state index contributed by atoms with van der Waals surface area (Å²) in [6.45, 7) is 2.49. The maximum Gasteiger partial charge on any atom is 0.251 e. The van der Waals surface area contributed by atoms with E-state index < -0.39 is 0 Å². The molecule has 0 aromatic heterocycles. The SMILES string of the molecule is C[C@@H]1c2ccccc2O[C@@H]1CNC(=O)c1cccc(CO)c1. The van der Waals surface area contributed by atoms with E-state index in [1.807, 2.05) is 18.2 Å². The van der Waals surface area contributed by atoms with E-state index in [2.05, 4.69) is 18.3 Å². The summed E-state index contributed by atoms with van der Waals surface area (Å²) < 4.78 is 5.90. The predicted octanol–water partition coefficient (Wildman–Crippen LogP) is 2.47. The molecule has 0 radical (unpaired) electrons. The molecule has 4 heteroatoms. The molecular weight excluding hydrogens is 278 g/mol. The van der Waals surface area contributed by atoms with E-state index in [9.17, 15) is 4.79 Å². The number of aliphatic hydroxyl groups excluding tert-OH is 1. The number of fused-ring (bicyclic) bond motifs is 1. The number of rotatable bonds is 4. The van der Waals surface area contributed by atoms with Crippen molar-refractivity contribution < 1.29 is 14.6 Å². The van der Waals surface area contributed by atoms with Crippen molar-refractivity contribution in [1.29, 1.82) is 0 Å². The fraction of sp³-hybridized carbons (Fsp3) is 0.278. The highest BCUT2D eigenvalue weighted by atomic mass is 16.5. The maximum absolute atomic E-state index is 12.2. The molecular formula is C18H19NO3. The molecule has 2 aromatic carbocycles. The van der Waals surface area contributed by atoms with E-state index in [1.165, 1.54) is 5.56 Å². The first-order chi connectivity index (χ1) is 10.7. The fourth-order valence-electron chi connectivity index (χ4n) is 2.75. The van der Waals surface area contributed by atoms with Crippen LogP contribution >= 0.6 is 0 Å². The first-order valence-corrected chi connectivity index (χ1v) is 7.42. The Kier molecular flexibility index (Phi) is 4.11. The van der Waals surface area contributed by atoms with Crippen molar-refractivity contribution in [3.05, 3.63) is 65.2 Å². The number of carbonyl (C=O) groups excluding carboxylic acids is 1. The molecule has 2 aromatic rings. The van der Waals surface area contributed by atoms with Gasteiger partial charge in [-0.25, -0.2) is 0 Å². The Bertz CT molecular complexity index is 684. The van der Waals surface area contributed by atoms with E-state index in [0.717, 1.165) is 11.3 Å². The van der Waals surface area contributed by atoms with E-state index in [-0.39, 0.29) is 24.5 Å². The van der Waals surface area contributed by atoms with Crippen LogP contribution in [0.25, 0.3) is 0 Å². The van der Waals surface area contributed by atoms with Crippen molar-refractivity contribution in [3.8, 4) is 5.75 Å². The lowest BCUT2D eigenvalue weighted by Gasteiger charge is -2.16. The topological polar surface area (TPSA) is 58.6 Å². The molecule has 4 nitrogen and oxygen atoms in total. The molecule has 1 amide bonds. The largest absolute Gasteiger partial charge is 0.488 e. The van der Waals surface area contributed by atoms with Gasteiger partial charge in [0.2, 0.25) is 0 Å². The summed E-state index contributed by atoms with van der Waals surface area (Å²) in [6.07, 6.45) is -0.0534. The van der Waals surface area contributed by atoms with Crippen LogP contribution in [0.3, 0.4) is 0 Å². The van der Waals surface area contributed by atoms with Gasteiger partial charge in [-0.3, -0.25) is 4.79 Å². The van der Waals surface area contributed by atoms with E-state index in [4.69, 9.17) is 9.84 Å². The van der Waals surface area contributed by atoms with Crippen molar-refractivity contribution in [2.75, 3.05) is 6.54 Å². The zero-order valence-electron chi connectivity index (χ0n) is 12.5. The van der Waals surface area contributed by atoms with Gasteiger partial charge in [-0.2, -0.15) is 0 Å². The Morgan fingerprint density at radius 3 is 2.82 bits per heavy atom. The van der Waals surface area contributed by atoms with Gasteiger partial charge in [-0.15, -0.1) is 0 Å². The second-order valence-corrected chi connectivity index (χ2v) is 5.55. The monoisotopic (exact) mass is 297 g/mol. The molecule has 0 fully saturated rings. The molecule has 22 heavy (non-hydrogen) atoms. The predicted molar refractivity (Wildman–Crippen MR) is 84.0 cm³/mol. The number of ether oxygens (including phenoxy) is 1. The Morgan fingerprint density at radius 1 is 1.23 bits per heavy atom. The maximum atomic E-state index is 12.2. The van der Waals surface area contributed by atoms with Crippen LogP contribution in [0.15, 0.2) is 48.5 Å². The molecule has 2 atom stereocenters. The average molecular weight is 297 g/mol. The number of amides is 1. The minimum absolute atomic E-state index is 0.0534. The van der Waals surface area contributed by atoms with Crippen LogP contribution in [0, 0.1) is 0 Å². The lowest BCUT2D eigenvalue weighted by atomic mass is 9.97. The molecule has 0 saturated carbocycles. The minimum Gasteiger partial charge on any atom is -0.488 e. The van der Waals surface area contributed by atoms with Gasteiger partial charge in [0.15, 0.2) is 0 Å². The van der Waals surface area contributed by atoms with E-state index in [1.54, 1.807) is 24.3 Å². The van der Waals surface area contributed by atoms with Gasteiger partial charge in [-0.05, 0) is 23.8 Å². The van der Waals surface area contributed by atoms with Crippen LogP contribution in [0.1, 0.15) is 34.3 Å². The average Bonchev–Trinajstić information content (AvgIpc) is 2.89. The molecule has 0 spiro atoms. The van der Waals surface area contributed by atoms with Crippen LogP contribution in [0.2, 0.25) is 0 Å². The number of benzene rings is 2. The summed E-state index contributed by atoms with van der Waals surface area (Å²) in [5.41, 5.74) is 2.46. The Morgan fingerprint density at radius 2 is 2.05 bits per heavy atom. The van der Waals surface area contributed by atoms with Crippen LogP contribution in [0.4, 0.5) is 0 Å². The lowest BCUT2D eigenvalue weighted by Crippen LogP contribution is -2.35. The number of para-hydroxylation sites is 1. The fourth-order valence-corrected chi connectivity index (χ4v) is 2.75. The molecule has 3 rings (SSSR count). The second-order valence-electron chi connectivity index (χ2n) is 5.55. The smallest absolute Gasteiger partial charge is 0.251 e. The van der Waals surface area contributed by atoms with Gasteiger partial charge in [0.05, 0.1) is 13.2 Å². The molecule has 0 unspecified atom stereocenters. The summed E-state index contributed by atoms with van der Waals surface area (Å²) in [5.74, 6) is 0.999. The Labute approximate surface area is 129 Å². The third-order valence-corrected chi connectivity index (χ3v) is 4.08. The van der Waals surface area contributed by atoms with Gasteiger partial charge in [-0.1, -0.05) is 37.3 Å². The number of hydrogen-bond acceptors (Lipinski definition) is 3. The third kappa shape index (κ3) is 2.83. The highest BCUT2D eigenvalue weighted by molar-refractivity contribution is 5.94. The molecule has 114 valence electrons.